The molecule has 75 heavy (non-hydrogen) atoms. The molecule has 2 amide bonds. The Bertz CT molecular complexity index is 3500. The zero-order valence-corrected chi connectivity index (χ0v) is 43.6. The van der Waals surface area contributed by atoms with E-state index in [0.29, 0.717) is 89.0 Å². The van der Waals surface area contributed by atoms with Crippen LogP contribution in [0.1, 0.15) is 53.3 Å². The van der Waals surface area contributed by atoms with Crippen molar-refractivity contribution >= 4 is 64.6 Å². The number of nitriles is 1. The smallest absolute Gasteiger partial charge is 0.255 e. The number of morpholine rings is 2. The van der Waals surface area contributed by atoms with Crippen molar-refractivity contribution in [3.63, 3.8) is 0 Å². The zero-order valence-electron chi connectivity index (χ0n) is 41.2. The molecule has 0 bridgehead atoms. The number of hydrogen-bond donors (Lipinski definition) is 2. The summed E-state index contributed by atoms with van der Waals surface area (Å²) in [4.78, 5) is 38.2. The Hall–Kier alpha value is -7.74. The lowest BCUT2D eigenvalue weighted by atomic mass is 10.0. The van der Waals surface area contributed by atoms with Gasteiger partial charge in [0.1, 0.15) is 4.90 Å². The number of hydrogen-bond acceptors (Lipinski definition) is 11. The molecule has 6 aromatic rings. The summed E-state index contributed by atoms with van der Waals surface area (Å²) < 4.78 is 78.7. The van der Waals surface area contributed by atoms with Gasteiger partial charge in [-0.15, -0.1) is 12.8 Å². The van der Waals surface area contributed by atoms with E-state index in [1.54, 1.807) is 138 Å². The van der Waals surface area contributed by atoms with E-state index in [0.717, 1.165) is 4.31 Å². The minimum atomic E-state index is -3.73. The van der Waals surface area contributed by atoms with Gasteiger partial charge in [0.05, 0.1) is 68.9 Å². The van der Waals surface area contributed by atoms with Gasteiger partial charge in [0.25, 0.3) is 11.8 Å². The van der Waals surface area contributed by atoms with E-state index in [-0.39, 0.29) is 46.7 Å². The third-order valence-electron chi connectivity index (χ3n) is 11.6. The summed E-state index contributed by atoms with van der Waals surface area (Å²) in [6.45, 7) is 3.35. The number of anilines is 2. The van der Waals surface area contributed by atoms with Crippen LogP contribution in [-0.2, 0) is 45.6 Å². The molecule has 2 aliphatic heterocycles. The first kappa shape index (κ1) is 56.6. The fourth-order valence-corrected chi connectivity index (χ4v) is 12.0. The molecule has 16 nitrogen and oxygen atoms in total. The number of carbonyl (C=O) groups is 3. The van der Waals surface area contributed by atoms with Gasteiger partial charge >= 0.3 is 0 Å². The summed E-state index contributed by atoms with van der Waals surface area (Å²) in [5.74, 6) is 7.98. The van der Waals surface area contributed by atoms with Gasteiger partial charge in [-0.1, -0.05) is 72.5 Å². The zero-order chi connectivity index (χ0) is 54.2. The lowest BCUT2D eigenvalue weighted by Gasteiger charge is -2.30. The summed E-state index contributed by atoms with van der Waals surface area (Å²) in [6.07, 6.45) is 10.7. The monoisotopic (exact) mass is 1070 g/mol. The highest BCUT2D eigenvalue weighted by Gasteiger charge is 2.29. The first-order valence-electron chi connectivity index (χ1n) is 23.2. The van der Waals surface area contributed by atoms with E-state index < -0.39 is 35.7 Å². The largest absolute Gasteiger partial charge is 0.379 e. The number of amides is 2. The maximum absolute atomic E-state index is 13.3. The van der Waals surface area contributed by atoms with Crippen molar-refractivity contribution < 1.29 is 44.9 Å². The van der Waals surface area contributed by atoms with Gasteiger partial charge < -0.3 is 20.1 Å². The molecule has 386 valence electrons. The predicted octanol–water partition coefficient (Wildman–Crippen LogP) is 6.42. The number of nitrogens with zero attached hydrogens (tertiary/aromatic N) is 4. The topological polar surface area (TPSA) is 213 Å². The predicted molar refractivity (Wildman–Crippen MR) is 290 cm³/mol. The van der Waals surface area contributed by atoms with Gasteiger partial charge in [-0.05, 0) is 96.4 Å². The van der Waals surface area contributed by atoms with Gasteiger partial charge in [-0.2, -0.15) is 9.57 Å². The highest BCUT2D eigenvalue weighted by Crippen LogP contribution is 2.28. The molecule has 1 atom stereocenters. The second kappa shape index (κ2) is 26.0. The van der Waals surface area contributed by atoms with Crippen LogP contribution in [0.2, 0.25) is 0 Å². The third kappa shape index (κ3) is 14.5. The quantitative estimate of drug-likeness (QED) is 0.0732. The molecule has 0 radical (unpaired) electrons. The number of carbonyl (C=O) groups excluding carboxylic acids is 3. The Balaban J connectivity index is 0.000000183. The third-order valence-corrected chi connectivity index (χ3v) is 17.7. The molecule has 2 aliphatic rings. The first-order valence-corrected chi connectivity index (χ1v) is 27.7. The van der Waals surface area contributed by atoms with Crippen molar-refractivity contribution in [2.75, 3.05) is 77.3 Å². The Morgan fingerprint density at radius 3 is 1.63 bits per heavy atom. The minimum absolute atomic E-state index is 0.0125. The maximum atomic E-state index is 13.3. The molecular formula is C56H54N6O10S3. The molecule has 0 saturated carbocycles. The van der Waals surface area contributed by atoms with Crippen LogP contribution in [0.3, 0.4) is 0 Å². The van der Waals surface area contributed by atoms with Gasteiger partial charge in [0.15, 0.2) is 5.78 Å². The highest BCUT2D eigenvalue weighted by molar-refractivity contribution is 7.98. The summed E-state index contributed by atoms with van der Waals surface area (Å²) in [6, 6.07) is 41.5. The van der Waals surface area contributed by atoms with E-state index in [4.69, 9.17) is 27.6 Å². The Morgan fingerprint density at radius 2 is 1.07 bits per heavy atom. The average Bonchev–Trinajstić information content (AvgIpc) is 3.44. The van der Waals surface area contributed by atoms with Crippen LogP contribution in [0.4, 0.5) is 11.4 Å². The normalized spacial score (nSPS) is 14.6. The fourth-order valence-electron chi connectivity index (χ4n) is 7.51. The molecule has 2 fully saturated rings. The van der Waals surface area contributed by atoms with Crippen molar-refractivity contribution in [1.29, 1.82) is 5.26 Å². The van der Waals surface area contributed by atoms with Crippen LogP contribution in [-0.4, -0.2) is 124 Å². The second-order valence-electron chi connectivity index (χ2n) is 16.7. The lowest BCUT2D eigenvalue weighted by Crippen LogP contribution is -2.40. The molecule has 0 aliphatic carbocycles. The molecule has 6 aromatic carbocycles. The number of terminal acetylenes is 2. The maximum Gasteiger partial charge on any atom is 0.255 e. The minimum Gasteiger partial charge on any atom is -0.379 e. The summed E-state index contributed by atoms with van der Waals surface area (Å²) in [5.41, 5.74) is 4.20. The fraction of sp³-hybridized carbons (Fsp3) is 0.196. The van der Waals surface area contributed by atoms with Crippen LogP contribution in [0.15, 0.2) is 160 Å². The van der Waals surface area contributed by atoms with Crippen LogP contribution in [0.25, 0.3) is 0 Å². The first-order chi connectivity index (χ1) is 35.9. The summed E-state index contributed by atoms with van der Waals surface area (Å²) in [5, 5.41) is 14.3. The Labute approximate surface area is 439 Å². The van der Waals surface area contributed by atoms with E-state index in [1.807, 2.05) is 6.07 Å². The molecule has 19 heteroatoms. The van der Waals surface area contributed by atoms with Crippen molar-refractivity contribution in [1.82, 2.24) is 12.9 Å². The molecule has 2 saturated heterocycles. The molecule has 0 spiro atoms. The number of benzene rings is 6. The van der Waals surface area contributed by atoms with Crippen molar-refractivity contribution in [3.05, 3.63) is 185 Å². The number of ketones is 1. The van der Waals surface area contributed by atoms with E-state index >= 15 is 0 Å². The Morgan fingerprint density at radius 1 is 0.587 bits per heavy atom. The highest BCUT2D eigenvalue weighted by atomic mass is 32.2. The van der Waals surface area contributed by atoms with Crippen molar-refractivity contribution in [2.45, 2.75) is 21.1 Å². The number of sulfonamides is 2. The molecule has 2 N–H and O–H groups in total. The van der Waals surface area contributed by atoms with Crippen LogP contribution >= 0.6 is 0 Å². The molecule has 2 heterocycles. The summed E-state index contributed by atoms with van der Waals surface area (Å²) >= 11 is 0. The number of Topliss-reactive ketones (excluding diaryl/α,β-unsaturated/α-hetero) is 1. The molecule has 1 unspecified atom stereocenters. The van der Waals surface area contributed by atoms with Crippen molar-refractivity contribution in [2.24, 2.45) is 0 Å². The van der Waals surface area contributed by atoms with Gasteiger partial charge in [0, 0.05) is 74.5 Å². The molecule has 0 aromatic heterocycles. The van der Waals surface area contributed by atoms with Crippen LogP contribution in [0, 0.1) is 36.0 Å². The van der Waals surface area contributed by atoms with Gasteiger partial charge in [-0.3, -0.25) is 14.4 Å². The van der Waals surface area contributed by atoms with E-state index in [1.165, 1.54) is 30.5 Å². The summed E-state index contributed by atoms with van der Waals surface area (Å²) in [7, 11) is -7.12. The molecule has 8 rings (SSSR count). The number of nitrogens with one attached hydrogen (secondary N) is 2. The van der Waals surface area contributed by atoms with Crippen LogP contribution < -0.4 is 10.6 Å². The van der Waals surface area contributed by atoms with E-state index in [9.17, 15) is 35.4 Å². The second-order valence-corrected chi connectivity index (χ2v) is 23.0. The van der Waals surface area contributed by atoms with Crippen molar-refractivity contribution in [3.8, 4) is 30.8 Å². The standard InChI is InChI=1S/C19H19N3O3S.C19H18N2O4S.C18H17NO3S/c1-26(24,22-10-12-25-13-11-22)18-5-3-2-4-17(18)21-19(23)16-8-6-15(14-20)7-9-16;1-2-15-6-5-7-16(14-15)19(22)20-17-8-3-4-9-18(17)26(23,24)21-10-12-25-13-11-21;1-4-14-9-11-15(12-10-14)17(20)13-16-7-5-6-8-18(16)23(21,22)19(2)3/h2-9H,1,10-13H2,(H,21,23);1,3-9,14H,10-13H2,(H,20,22);1,5-12H,13H2,2-3H3. The number of ether oxygens (including phenoxy) is 2. The van der Waals surface area contributed by atoms with Crippen LogP contribution in [0.5, 0.6) is 0 Å². The molecular weight excluding hydrogens is 1010 g/mol. The SMILES string of the molecule is C#Cc1ccc(C(=O)Cc2ccccc2S(=O)(=O)N(C)C)cc1.C#Cc1cccc(C(=O)Nc2ccccc2S(=O)(=O)N2CCOCC2)c1.C=S(=O)(c1ccccc1NC(=O)c1ccc(C#N)cc1)N1CCOCC1. The van der Waals surface area contributed by atoms with Gasteiger partial charge in [-0.25, -0.2) is 29.7 Å². The number of rotatable bonds is 13. The lowest BCUT2D eigenvalue weighted by molar-refractivity contribution is 0.0730. The van der Waals surface area contributed by atoms with Gasteiger partial charge in [0.2, 0.25) is 20.0 Å². The number of para-hydroxylation sites is 2. The Kier molecular flexibility index (Phi) is 19.6. The van der Waals surface area contributed by atoms with E-state index in [2.05, 4.69) is 28.3 Å². The average molecular weight is 1070 g/mol.